The van der Waals surface area contributed by atoms with E-state index < -0.39 is 47.8 Å². The zero-order chi connectivity index (χ0) is 40.2. The second kappa shape index (κ2) is 20.6. The van der Waals surface area contributed by atoms with E-state index in [1.807, 2.05) is 65.1 Å². The van der Waals surface area contributed by atoms with Crippen molar-refractivity contribution in [3.05, 3.63) is 87.6 Å². The lowest BCUT2D eigenvalue weighted by molar-refractivity contribution is -0.143. The van der Waals surface area contributed by atoms with Crippen LogP contribution in [0.25, 0.3) is 0 Å². The van der Waals surface area contributed by atoms with Crippen LogP contribution in [0.1, 0.15) is 106 Å². The van der Waals surface area contributed by atoms with Crippen molar-refractivity contribution in [1.82, 2.24) is 25.4 Å². The molecule has 1 saturated heterocycles. The maximum atomic E-state index is 14.8. The molecule has 0 radical (unpaired) electrons. The number of nitrogens with one attached hydrogen (secondary N) is 2. The Labute approximate surface area is 328 Å². The number of rotatable bonds is 19. The van der Waals surface area contributed by atoms with E-state index in [4.69, 9.17) is 0 Å². The van der Waals surface area contributed by atoms with Crippen LogP contribution >= 0.6 is 11.3 Å². The van der Waals surface area contributed by atoms with Crippen LogP contribution in [-0.4, -0.2) is 86.4 Å². The van der Waals surface area contributed by atoms with Gasteiger partial charge in [-0.3, -0.25) is 24.1 Å². The third kappa shape index (κ3) is 12.4. The Balaban J connectivity index is 1.56. The maximum absolute atomic E-state index is 14.8. The predicted octanol–water partition coefficient (Wildman–Crippen LogP) is 6.23. The molecular weight excluding hydrogens is 722 g/mol. The molecule has 0 spiro atoms. The number of carbonyl (C=O) groups is 4. The van der Waals surface area contributed by atoms with Crippen LogP contribution < -0.4 is 10.6 Å². The van der Waals surface area contributed by atoms with Crippen LogP contribution in [0, 0.1) is 23.6 Å². The van der Waals surface area contributed by atoms with Crippen LogP contribution in [0.2, 0.25) is 0 Å². The Bertz CT molecular complexity index is 1710. The van der Waals surface area contributed by atoms with Crippen molar-refractivity contribution in [2.45, 2.75) is 116 Å². The van der Waals surface area contributed by atoms with Crippen molar-refractivity contribution < 1.29 is 33.8 Å². The Morgan fingerprint density at radius 1 is 0.982 bits per heavy atom. The summed E-state index contributed by atoms with van der Waals surface area (Å²) in [4.78, 5) is 61.9. The number of thiazole rings is 1. The highest BCUT2D eigenvalue weighted by Gasteiger charge is 2.38. The molecule has 1 aliphatic heterocycles. The van der Waals surface area contributed by atoms with Crippen molar-refractivity contribution in [2.24, 2.45) is 17.8 Å². The summed E-state index contributed by atoms with van der Waals surface area (Å²) in [6.45, 7) is 10.6. The Morgan fingerprint density at radius 3 is 2.29 bits per heavy atom. The van der Waals surface area contributed by atoms with Gasteiger partial charge in [0, 0.05) is 30.4 Å². The lowest BCUT2D eigenvalue weighted by Crippen LogP contribution is -2.58. The SMILES string of the molecule is CCC(C)C(NC(=O)C1CCCCN1C)C(=O)N(Cc1ccccc1)C(CC(O)c1nc(C(=O)NC(Cc2ccc(F)cc2)CC(C)C(=O)O)cs1)C(C)C. The molecule has 3 amide bonds. The topological polar surface area (TPSA) is 152 Å². The molecule has 2 aromatic carbocycles. The molecule has 1 aromatic heterocycles. The number of aliphatic carboxylic acids is 1. The zero-order valence-corrected chi connectivity index (χ0v) is 33.7. The van der Waals surface area contributed by atoms with Gasteiger partial charge in [-0.2, -0.15) is 0 Å². The number of amides is 3. The quantitative estimate of drug-likeness (QED) is 0.112. The number of carboxylic acid groups (broad SMARTS) is 1. The number of aromatic nitrogens is 1. The predicted molar refractivity (Wildman–Crippen MR) is 212 cm³/mol. The molecule has 300 valence electrons. The number of carboxylic acids is 1. The molecule has 55 heavy (non-hydrogen) atoms. The minimum Gasteiger partial charge on any atom is -0.481 e. The summed E-state index contributed by atoms with van der Waals surface area (Å²) in [5.74, 6) is -3.24. The molecular formula is C42H58FN5O6S. The van der Waals surface area contributed by atoms with Gasteiger partial charge in [-0.1, -0.05) is 89.9 Å². The van der Waals surface area contributed by atoms with Crippen LogP contribution in [0.5, 0.6) is 0 Å². The fourth-order valence-electron chi connectivity index (χ4n) is 7.18. The number of aliphatic hydroxyl groups is 1. The van der Waals surface area contributed by atoms with Crippen molar-refractivity contribution in [1.29, 1.82) is 0 Å². The monoisotopic (exact) mass is 779 g/mol. The summed E-state index contributed by atoms with van der Waals surface area (Å²) in [6, 6.07) is 13.4. The average molecular weight is 780 g/mol. The normalized spacial score (nSPS) is 18.1. The highest BCUT2D eigenvalue weighted by molar-refractivity contribution is 7.09. The van der Waals surface area contributed by atoms with Gasteiger partial charge in [0.15, 0.2) is 0 Å². The van der Waals surface area contributed by atoms with Gasteiger partial charge in [0.25, 0.3) is 5.91 Å². The first-order chi connectivity index (χ1) is 26.2. The summed E-state index contributed by atoms with van der Waals surface area (Å²) in [5.41, 5.74) is 1.74. The minimum atomic E-state index is -1.11. The van der Waals surface area contributed by atoms with E-state index >= 15 is 0 Å². The van der Waals surface area contributed by atoms with Gasteiger partial charge in [0.05, 0.1) is 12.0 Å². The van der Waals surface area contributed by atoms with Gasteiger partial charge >= 0.3 is 5.97 Å². The first kappa shape index (κ1) is 43.5. The molecule has 1 aliphatic rings. The number of benzene rings is 2. The third-order valence-electron chi connectivity index (χ3n) is 10.8. The van der Waals surface area contributed by atoms with E-state index in [1.54, 1.807) is 29.3 Å². The average Bonchev–Trinajstić information content (AvgIpc) is 3.67. The molecule has 13 heteroatoms. The van der Waals surface area contributed by atoms with Crippen LogP contribution in [0.4, 0.5) is 4.39 Å². The molecule has 11 nitrogen and oxygen atoms in total. The first-order valence-electron chi connectivity index (χ1n) is 19.4. The van der Waals surface area contributed by atoms with Gasteiger partial charge < -0.3 is 25.7 Å². The molecule has 7 atom stereocenters. The highest BCUT2D eigenvalue weighted by atomic mass is 32.1. The van der Waals surface area contributed by atoms with Gasteiger partial charge in [0.2, 0.25) is 11.8 Å². The van der Waals surface area contributed by atoms with Crippen LogP contribution in [0.15, 0.2) is 60.0 Å². The Hall–Kier alpha value is -4.20. The molecule has 0 aliphatic carbocycles. The minimum absolute atomic E-state index is 0.0803. The molecule has 0 saturated carbocycles. The molecule has 2 heterocycles. The summed E-state index contributed by atoms with van der Waals surface area (Å²) >= 11 is 1.13. The van der Waals surface area contributed by atoms with Crippen molar-refractivity contribution in [3.63, 3.8) is 0 Å². The summed E-state index contributed by atoms with van der Waals surface area (Å²) < 4.78 is 13.5. The summed E-state index contributed by atoms with van der Waals surface area (Å²) in [5, 5.41) is 29.1. The van der Waals surface area contributed by atoms with Crippen molar-refractivity contribution in [2.75, 3.05) is 13.6 Å². The van der Waals surface area contributed by atoms with Crippen molar-refractivity contribution in [3.8, 4) is 0 Å². The molecule has 7 unspecified atom stereocenters. The Morgan fingerprint density at radius 2 is 1.67 bits per heavy atom. The summed E-state index contributed by atoms with van der Waals surface area (Å²) in [6.07, 6.45) is 2.87. The van der Waals surface area contributed by atoms with Gasteiger partial charge in [-0.15, -0.1) is 11.3 Å². The van der Waals surface area contributed by atoms with Gasteiger partial charge in [0.1, 0.15) is 28.7 Å². The number of piperidine rings is 1. The number of likely N-dealkylation sites (tertiary alicyclic amines) is 1. The molecule has 4 N–H and O–H groups in total. The van der Waals surface area contributed by atoms with Gasteiger partial charge in [-0.05, 0) is 74.4 Å². The molecule has 1 fully saturated rings. The zero-order valence-electron chi connectivity index (χ0n) is 32.9. The number of halogens is 1. The van der Waals surface area contributed by atoms with E-state index in [0.717, 1.165) is 48.3 Å². The van der Waals surface area contributed by atoms with E-state index in [0.29, 0.717) is 17.8 Å². The van der Waals surface area contributed by atoms with Gasteiger partial charge in [-0.25, -0.2) is 9.37 Å². The first-order valence-corrected chi connectivity index (χ1v) is 20.3. The number of likely N-dealkylation sites (N-methyl/N-ethyl adjacent to an activating group) is 1. The number of hydrogen-bond acceptors (Lipinski definition) is 8. The largest absolute Gasteiger partial charge is 0.481 e. The van der Waals surface area contributed by atoms with E-state index in [9.17, 15) is 33.8 Å². The van der Waals surface area contributed by atoms with Crippen molar-refractivity contribution >= 4 is 35.0 Å². The molecule has 4 rings (SSSR count). The second-order valence-electron chi connectivity index (χ2n) is 15.4. The van der Waals surface area contributed by atoms with E-state index in [-0.39, 0.29) is 54.8 Å². The maximum Gasteiger partial charge on any atom is 0.306 e. The molecule has 0 bridgehead atoms. The highest BCUT2D eigenvalue weighted by Crippen LogP contribution is 2.30. The second-order valence-corrected chi connectivity index (χ2v) is 16.3. The molecule has 3 aromatic rings. The standard InChI is InChI=1S/C42H58FN5O6S/c1-7-27(4)37(46-39(51)34-15-11-12-20-47(34)6)41(52)48(24-30-13-9-8-10-14-30)35(26(2)3)23-36(49)40-45-33(25-55-40)38(50)44-32(21-28(5)42(53)54)22-29-16-18-31(43)19-17-29/h8-10,13-14,16-19,25-28,32,34-37,49H,7,11-12,15,20-24H2,1-6H3,(H,44,50)(H,46,51)(H,53,54). The lowest BCUT2D eigenvalue weighted by atomic mass is 9.91. The van der Waals surface area contributed by atoms with E-state index in [2.05, 4.69) is 20.5 Å². The fourth-order valence-corrected chi connectivity index (χ4v) is 7.97. The van der Waals surface area contributed by atoms with Crippen LogP contribution in [0.3, 0.4) is 0 Å². The number of nitrogens with zero attached hydrogens (tertiary/aromatic N) is 3. The number of carbonyl (C=O) groups excluding carboxylic acids is 3. The third-order valence-corrected chi connectivity index (χ3v) is 11.7. The fraction of sp³-hybridized carbons (Fsp3) is 0.548. The Kier molecular flexibility index (Phi) is 16.3. The van der Waals surface area contributed by atoms with Crippen LogP contribution in [-0.2, 0) is 27.3 Å². The lowest BCUT2D eigenvalue weighted by Gasteiger charge is -2.40. The number of aliphatic hydroxyl groups excluding tert-OH is 1. The van der Waals surface area contributed by atoms with E-state index in [1.165, 1.54) is 12.1 Å². The summed E-state index contributed by atoms with van der Waals surface area (Å²) in [7, 11) is 1.95. The smallest absolute Gasteiger partial charge is 0.306 e. The number of hydrogen-bond donors (Lipinski definition) is 4.